The molecule has 0 saturated heterocycles. The standard InChI is InChI=1S/C26H18ClF3N8/c1-2-38-13-22(36-37-38)25(17-5-3-4-6-20(17)28)34-15-7-18-23(35-16-9-21(29)26(30)33-12-16)14(10-31)11-32-24(18)19(27)8-15/h3-9,11-13,25,34H,2H2,1H3,(H,32,35)/t25-/m0/s1. The summed E-state index contributed by atoms with van der Waals surface area (Å²) in [7, 11) is 0. The summed E-state index contributed by atoms with van der Waals surface area (Å²) in [5.74, 6) is -2.84. The van der Waals surface area contributed by atoms with Gasteiger partial charge in [0, 0.05) is 35.4 Å². The average Bonchev–Trinajstić information content (AvgIpc) is 3.39. The van der Waals surface area contributed by atoms with Gasteiger partial charge in [-0.2, -0.15) is 9.65 Å². The van der Waals surface area contributed by atoms with Crippen LogP contribution in [-0.2, 0) is 6.54 Å². The SMILES string of the molecule is CCn1cc([C@@H](Nc2cc(Cl)c3ncc(C#N)c(Nc4cnc(F)c(F)c4)c3c2)c2ccccc2F)nn1. The topological polar surface area (TPSA) is 104 Å². The van der Waals surface area contributed by atoms with Gasteiger partial charge in [0.25, 0.3) is 0 Å². The maximum absolute atomic E-state index is 14.9. The van der Waals surface area contributed by atoms with Gasteiger partial charge in [-0.05, 0) is 25.1 Å². The number of aromatic nitrogens is 5. The zero-order valence-corrected chi connectivity index (χ0v) is 20.5. The van der Waals surface area contributed by atoms with E-state index in [-0.39, 0.29) is 22.0 Å². The van der Waals surface area contributed by atoms with Crippen LogP contribution in [0.4, 0.5) is 30.2 Å². The minimum Gasteiger partial charge on any atom is -0.373 e. The Balaban J connectivity index is 1.63. The van der Waals surface area contributed by atoms with Crippen LogP contribution in [0.2, 0.25) is 5.02 Å². The Morgan fingerprint density at radius 1 is 1.05 bits per heavy atom. The van der Waals surface area contributed by atoms with Crippen LogP contribution in [0, 0.1) is 28.9 Å². The molecule has 3 heterocycles. The number of hydrogen-bond acceptors (Lipinski definition) is 7. The predicted octanol–water partition coefficient (Wildman–Crippen LogP) is 6.13. The van der Waals surface area contributed by atoms with Gasteiger partial charge in [0.15, 0.2) is 5.82 Å². The highest BCUT2D eigenvalue weighted by Gasteiger charge is 2.22. The lowest BCUT2D eigenvalue weighted by molar-refractivity contribution is 0.480. The van der Waals surface area contributed by atoms with Gasteiger partial charge in [-0.15, -0.1) is 5.10 Å². The van der Waals surface area contributed by atoms with Crippen LogP contribution in [0.1, 0.15) is 29.8 Å². The molecule has 0 spiro atoms. The Bertz CT molecular complexity index is 1700. The molecule has 0 bridgehead atoms. The van der Waals surface area contributed by atoms with Crippen LogP contribution in [0.3, 0.4) is 0 Å². The molecule has 0 unspecified atom stereocenters. The summed E-state index contributed by atoms with van der Waals surface area (Å²) in [6, 6.07) is 11.8. The van der Waals surface area contributed by atoms with Crippen LogP contribution in [0.5, 0.6) is 0 Å². The molecular weight excluding hydrogens is 517 g/mol. The molecule has 5 aromatic rings. The Morgan fingerprint density at radius 3 is 2.58 bits per heavy atom. The molecule has 38 heavy (non-hydrogen) atoms. The third kappa shape index (κ3) is 4.81. The quantitative estimate of drug-likeness (QED) is 0.242. The number of benzene rings is 2. The van der Waals surface area contributed by atoms with Gasteiger partial charge < -0.3 is 10.6 Å². The van der Waals surface area contributed by atoms with E-state index in [1.54, 1.807) is 41.2 Å². The van der Waals surface area contributed by atoms with Crippen molar-refractivity contribution in [2.24, 2.45) is 0 Å². The lowest BCUT2D eigenvalue weighted by Gasteiger charge is -2.20. The van der Waals surface area contributed by atoms with Crippen molar-refractivity contribution in [1.29, 1.82) is 5.26 Å². The van der Waals surface area contributed by atoms with E-state index in [0.29, 0.717) is 34.4 Å². The molecule has 3 aromatic heterocycles. The van der Waals surface area contributed by atoms with E-state index in [1.807, 2.05) is 13.0 Å². The molecule has 0 radical (unpaired) electrons. The fourth-order valence-corrected chi connectivity index (χ4v) is 4.25. The Labute approximate surface area is 219 Å². The second-order valence-corrected chi connectivity index (χ2v) is 8.64. The monoisotopic (exact) mass is 534 g/mol. The van der Waals surface area contributed by atoms with Gasteiger partial charge in [0.2, 0.25) is 5.95 Å². The summed E-state index contributed by atoms with van der Waals surface area (Å²) in [4.78, 5) is 7.67. The van der Waals surface area contributed by atoms with E-state index < -0.39 is 23.6 Å². The van der Waals surface area contributed by atoms with Crippen molar-refractivity contribution in [1.82, 2.24) is 25.0 Å². The molecule has 0 amide bonds. The first-order chi connectivity index (χ1) is 18.4. The molecule has 2 aromatic carbocycles. The molecule has 1 atom stereocenters. The normalized spacial score (nSPS) is 11.8. The van der Waals surface area contributed by atoms with Crippen molar-refractivity contribution >= 4 is 39.6 Å². The molecule has 2 N–H and O–H groups in total. The first-order valence-electron chi connectivity index (χ1n) is 11.4. The Hall–Kier alpha value is -4.69. The van der Waals surface area contributed by atoms with Gasteiger partial charge in [0.1, 0.15) is 23.6 Å². The van der Waals surface area contributed by atoms with E-state index in [4.69, 9.17) is 11.6 Å². The molecular formula is C26H18ClF3N8. The highest BCUT2D eigenvalue weighted by molar-refractivity contribution is 6.36. The van der Waals surface area contributed by atoms with Gasteiger partial charge in [0.05, 0.1) is 39.9 Å². The van der Waals surface area contributed by atoms with E-state index >= 15 is 0 Å². The largest absolute Gasteiger partial charge is 0.373 e. The fourth-order valence-electron chi connectivity index (χ4n) is 3.98. The van der Waals surface area contributed by atoms with Gasteiger partial charge in [-0.3, -0.25) is 9.67 Å². The van der Waals surface area contributed by atoms with Crippen LogP contribution < -0.4 is 10.6 Å². The van der Waals surface area contributed by atoms with Crippen LogP contribution in [0.15, 0.2) is 61.1 Å². The molecule has 12 heteroatoms. The molecule has 190 valence electrons. The zero-order valence-electron chi connectivity index (χ0n) is 19.8. The molecule has 0 aliphatic carbocycles. The van der Waals surface area contributed by atoms with Gasteiger partial charge >= 0.3 is 0 Å². The first kappa shape index (κ1) is 25.0. The minimum absolute atomic E-state index is 0.114. The number of nitriles is 1. The summed E-state index contributed by atoms with van der Waals surface area (Å²) >= 11 is 6.57. The van der Waals surface area contributed by atoms with Crippen molar-refractivity contribution in [3.05, 3.63) is 100 Å². The van der Waals surface area contributed by atoms with Crippen molar-refractivity contribution in [2.45, 2.75) is 19.5 Å². The predicted molar refractivity (Wildman–Crippen MR) is 136 cm³/mol. The number of fused-ring (bicyclic) bond motifs is 1. The summed E-state index contributed by atoms with van der Waals surface area (Å²) in [6.07, 6.45) is 4.13. The number of nitrogens with one attached hydrogen (secondary N) is 2. The summed E-state index contributed by atoms with van der Waals surface area (Å²) < 4.78 is 43.7. The fraction of sp³-hybridized carbons (Fsp3) is 0.115. The number of nitrogens with zero attached hydrogens (tertiary/aromatic N) is 6. The third-order valence-corrected chi connectivity index (χ3v) is 6.10. The second kappa shape index (κ2) is 10.4. The highest BCUT2D eigenvalue weighted by Crippen LogP contribution is 2.37. The molecule has 0 saturated carbocycles. The van der Waals surface area contributed by atoms with Crippen molar-refractivity contribution in [2.75, 3.05) is 10.6 Å². The van der Waals surface area contributed by atoms with Crippen LogP contribution in [0.25, 0.3) is 10.9 Å². The number of hydrogen-bond donors (Lipinski definition) is 2. The Morgan fingerprint density at radius 2 is 1.87 bits per heavy atom. The second-order valence-electron chi connectivity index (χ2n) is 8.23. The van der Waals surface area contributed by atoms with E-state index in [9.17, 15) is 18.4 Å². The number of aryl methyl sites for hydroxylation is 1. The number of halogens is 4. The first-order valence-corrected chi connectivity index (χ1v) is 11.8. The maximum Gasteiger partial charge on any atom is 0.249 e. The maximum atomic E-state index is 14.9. The van der Waals surface area contributed by atoms with Crippen LogP contribution >= 0.6 is 11.6 Å². The average molecular weight is 535 g/mol. The highest BCUT2D eigenvalue weighted by atomic mass is 35.5. The van der Waals surface area contributed by atoms with Crippen molar-refractivity contribution < 1.29 is 13.2 Å². The number of anilines is 3. The molecule has 5 rings (SSSR count). The van der Waals surface area contributed by atoms with Gasteiger partial charge in [-0.25, -0.2) is 13.8 Å². The lowest BCUT2D eigenvalue weighted by atomic mass is 10.0. The Kier molecular flexibility index (Phi) is 6.81. The summed E-state index contributed by atoms with van der Waals surface area (Å²) in [5.41, 5.74) is 2.13. The van der Waals surface area contributed by atoms with Crippen molar-refractivity contribution in [3.8, 4) is 6.07 Å². The molecule has 0 aliphatic rings. The molecule has 0 aliphatic heterocycles. The molecule has 8 nitrogen and oxygen atoms in total. The number of pyridine rings is 2. The molecule has 0 fully saturated rings. The smallest absolute Gasteiger partial charge is 0.249 e. The van der Waals surface area contributed by atoms with Gasteiger partial charge in [-0.1, -0.05) is 35.0 Å². The van der Waals surface area contributed by atoms with Crippen molar-refractivity contribution in [3.63, 3.8) is 0 Å². The third-order valence-electron chi connectivity index (χ3n) is 5.81. The minimum atomic E-state index is -1.25. The lowest BCUT2D eigenvalue weighted by Crippen LogP contribution is -2.15. The van der Waals surface area contributed by atoms with E-state index in [2.05, 4.69) is 30.9 Å². The zero-order chi connectivity index (χ0) is 26.8. The van der Waals surface area contributed by atoms with E-state index in [1.165, 1.54) is 12.3 Å². The number of rotatable bonds is 7. The van der Waals surface area contributed by atoms with E-state index in [0.717, 1.165) is 12.3 Å². The van der Waals surface area contributed by atoms with Crippen LogP contribution in [-0.4, -0.2) is 25.0 Å². The summed E-state index contributed by atoms with van der Waals surface area (Å²) in [5, 5.41) is 24.8. The summed E-state index contributed by atoms with van der Waals surface area (Å²) in [6.45, 7) is 2.49.